The topological polar surface area (TPSA) is 103 Å². The number of para-hydroxylation sites is 2. The number of ether oxygens (including phenoxy) is 2. The zero-order chi connectivity index (χ0) is 23.9. The molecule has 1 aromatic heterocycles. The molecule has 0 saturated heterocycles. The maximum atomic E-state index is 12.3. The minimum absolute atomic E-state index is 0.145. The van der Waals surface area contributed by atoms with Gasteiger partial charge in [-0.05, 0) is 36.8 Å². The molecule has 3 aromatic carbocycles. The van der Waals surface area contributed by atoms with E-state index in [2.05, 4.69) is 15.3 Å². The van der Waals surface area contributed by atoms with Crippen LogP contribution in [0.5, 0.6) is 0 Å². The van der Waals surface area contributed by atoms with E-state index in [0.29, 0.717) is 22.2 Å². The number of carbonyl (C=O) groups excluding carboxylic acids is 2. The number of methoxy groups -OCH3 is 1. The van der Waals surface area contributed by atoms with Crippen LogP contribution in [-0.4, -0.2) is 24.2 Å². The van der Waals surface area contributed by atoms with Crippen LogP contribution in [0.15, 0.2) is 88.3 Å². The van der Waals surface area contributed by atoms with E-state index in [0.717, 1.165) is 5.56 Å². The van der Waals surface area contributed by atoms with E-state index in [4.69, 9.17) is 13.9 Å². The van der Waals surface area contributed by atoms with E-state index in [1.807, 2.05) is 54.6 Å². The first-order valence-corrected chi connectivity index (χ1v) is 10.6. The molecule has 0 saturated carbocycles. The van der Waals surface area contributed by atoms with Crippen molar-refractivity contribution in [1.29, 1.82) is 0 Å². The van der Waals surface area contributed by atoms with Crippen molar-refractivity contribution in [2.24, 2.45) is 4.99 Å². The summed E-state index contributed by atoms with van der Waals surface area (Å²) in [5, 5.41) is 3.38. The van der Waals surface area contributed by atoms with Gasteiger partial charge in [-0.3, -0.25) is 0 Å². The number of nitrogens with zero attached hydrogens (tertiary/aromatic N) is 2. The zero-order valence-corrected chi connectivity index (χ0v) is 18.7. The quantitative estimate of drug-likeness (QED) is 0.416. The normalized spacial score (nSPS) is 12.2. The molecule has 1 atom stereocenters. The number of benzene rings is 3. The molecule has 1 unspecified atom stereocenters. The summed E-state index contributed by atoms with van der Waals surface area (Å²) in [7, 11) is 1.31. The van der Waals surface area contributed by atoms with Crippen LogP contribution in [0, 0.1) is 0 Å². The number of esters is 1. The highest BCUT2D eigenvalue weighted by atomic mass is 16.5. The summed E-state index contributed by atoms with van der Waals surface area (Å²) in [6.07, 6.45) is -0.601. The summed E-state index contributed by atoms with van der Waals surface area (Å²) >= 11 is 0. The van der Waals surface area contributed by atoms with Crippen LogP contribution >= 0.6 is 0 Å². The Labute approximate surface area is 195 Å². The van der Waals surface area contributed by atoms with Crippen molar-refractivity contribution in [3.05, 3.63) is 101 Å². The van der Waals surface area contributed by atoms with Gasteiger partial charge in [0.25, 0.3) is 0 Å². The Bertz CT molecular complexity index is 1380. The molecule has 4 aromatic rings. The van der Waals surface area contributed by atoms with Gasteiger partial charge in [-0.25, -0.2) is 19.6 Å². The predicted octanol–water partition coefficient (Wildman–Crippen LogP) is 4.83. The van der Waals surface area contributed by atoms with Crippen molar-refractivity contribution in [3.63, 3.8) is 0 Å². The summed E-state index contributed by atoms with van der Waals surface area (Å²) in [5.74, 6) is -0.265. The van der Waals surface area contributed by atoms with E-state index in [1.54, 1.807) is 31.2 Å². The fourth-order valence-electron chi connectivity index (χ4n) is 3.28. The van der Waals surface area contributed by atoms with E-state index in [-0.39, 0.29) is 18.1 Å². The standard InChI is InChI=1S/C26H23N3O5/c1-17(27-26(31)33-16-18-10-4-3-5-11-18)23-28-21-14-8-6-12-19(21)24(34-23)29-22-15-9-7-13-20(22)25(30)32-2/h3-15,17H,16H2,1-2H3,(H,27,31). The Balaban J connectivity index is 1.64. The van der Waals surface area contributed by atoms with Gasteiger partial charge in [0.15, 0.2) is 0 Å². The van der Waals surface area contributed by atoms with E-state index >= 15 is 0 Å². The van der Waals surface area contributed by atoms with Crippen LogP contribution in [0.25, 0.3) is 10.9 Å². The Morgan fingerprint density at radius 2 is 1.71 bits per heavy atom. The fraction of sp³-hybridized carbons (Fsp3) is 0.154. The first-order chi connectivity index (χ1) is 16.5. The van der Waals surface area contributed by atoms with Gasteiger partial charge in [0.2, 0.25) is 11.4 Å². The van der Waals surface area contributed by atoms with Gasteiger partial charge >= 0.3 is 12.1 Å². The lowest BCUT2D eigenvalue weighted by Crippen LogP contribution is -2.28. The summed E-state index contributed by atoms with van der Waals surface area (Å²) < 4.78 is 16.1. The molecule has 1 N–H and O–H groups in total. The first kappa shape index (κ1) is 22.7. The Morgan fingerprint density at radius 3 is 2.50 bits per heavy atom. The third-order valence-electron chi connectivity index (χ3n) is 5.02. The van der Waals surface area contributed by atoms with Gasteiger partial charge in [-0.1, -0.05) is 54.6 Å². The number of alkyl carbamates (subject to hydrolysis) is 1. The summed E-state index contributed by atoms with van der Waals surface area (Å²) in [6, 6.07) is 22.9. The Kier molecular flexibility index (Phi) is 6.98. The highest BCUT2D eigenvalue weighted by Crippen LogP contribution is 2.20. The fourth-order valence-corrected chi connectivity index (χ4v) is 3.28. The van der Waals surface area contributed by atoms with Crippen molar-refractivity contribution in [3.8, 4) is 0 Å². The van der Waals surface area contributed by atoms with E-state index in [9.17, 15) is 9.59 Å². The minimum atomic E-state index is -0.601. The number of hydrogen-bond donors (Lipinski definition) is 1. The van der Waals surface area contributed by atoms with Gasteiger partial charge in [-0.15, -0.1) is 0 Å². The first-order valence-electron chi connectivity index (χ1n) is 10.6. The molecular formula is C26H23N3O5. The van der Waals surface area contributed by atoms with Crippen LogP contribution < -0.4 is 10.9 Å². The van der Waals surface area contributed by atoms with E-state index in [1.165, 1.54) is 7.11 Å². The number of rotatable bonds is 6. The van der Waals surface area contributed by atoms with Crippen LogP contribution in [-0.2, 0) is 16.1 Å². The number of hydrogen-bond acceptors (Lipinski definition) is 7. The van der Waals surface area contributed by atoms with Crippen molar-refractivity contribution >= 4 is 28.7 Å². The van der Waals surface area contributed by atoms with Crippen molar-refractivity contribution < 1.29 is 23.5 Å². The molecule has 0 radical (unpaired) electrons. The second-order valence-electron chi connectivity index (χ2n) is 7.42. The minimum Gasteiger partial charge on any atom is -0.465 e. The third kappa shape index (κ3) is 5.29. The number of aromatic nitrogens is 1. The second-order valence-corrected chi connectivity index (χ2v) is 7.42. The highest BCUT2D eigenvalue weighted by molar-refractivity contribution is 5.94. The van der Waals surface area contributed by atoms with Crippen molar-refractivity contribution in [2.75, 3.05) is 7.11 Å². The zero-order valence-electron chi connectivity index (χ0n) is 18.7. The van der Waals surface area contributed by atoms with Crippen LogP contribution in [0.2, 0.25) is 0 Å². The predicted molar refractivity (Wildman–Crippen MR) is 125 cm³/mol. The monoisotopic (exact) mass is 457 g/mol. The molecule has 1 heterocycles. The molecule has 0 aliphatic heterocycles. The number of amides is 1. The Hall–Kier alpha value is -4.46. The molecule has 0 aliphatic carbocycles. The Morgan fingerprint density at radius 1 is 1.00 bits per heavy atom. The summed E-state index contributed by atoms with van der Waals surface area (Å²) in [4.78, 5) is 33.6. The van der Waals surface area contributed by atoms with Gasteiger partial charge in [0, 0.05) is 0 Å². The molecule has 0 fully saturated rings. The number of carbonyl (C=O) groups is 2. The largest absolute Gasteiger partial charge is 0.465 e. The lowest BCUT2D eigenvalue weighted by Gasteiger charge is -2.13. The SMILES string of the molecule is COC(=O)c1ccccc1N=c1oc(C(C)NC(=O)OCc2ccccc2)nc2ccccc12. The van der Waals surface area contributed by atoms with Gasteiger partial charge in [0.05, 0.1) is 29.3 Å². The molecule has 1 amide bonds. The average molecular weight is 457 g/mol. The third-order valence-corrected chi connectivity index (χ3v) is 5.02. The summed E-state index contributed by atoms with van der Waals surface area (Å²) in [5.41, 5.74) is 2.46. The molecule has 8 nitrogen and oxygen atoms in total. The van der Waals surface area contributed by atoms with Crippen LogP contribution in [0.1, 0.15) is 34.8 Å². The highest BCUT2D eigenvalue weighted by Gasteiger charge is 2.17. The van der Waals surface area contributed by atoms with E-state index < -0.39 is 18.1 Å². The van der Waals surface area contributed by atoms with Crippen molar-refractivity contribution in [2.45, 2.75) is 19.6 Å². The smallest absolute Gasteiger partial charge is 0.408 e. The number of fused-ring (bicyclic) bond motifs is 1. The second kappa shape index (κ2) is 10.4. The summed E-state index contributed by atoms with van der Waals surface area (Å²) in [6.45, 7) is 1.88. The van der Waals surface area contributed by atoms with Crippen LogP contribution in [0.3, 0.4) is 0 Å². The maximum absolute atomic E-state index is 12.3. The molecule has 0 aliphatic rings. The van der Waals surface area contributed by atoms with Gasteiger partial charge in [0.1, 0.15) is 12.6 Å². The molecular weight excluding hydrogens is 434 g/mol. The lowest BCUT2D eigenvalue weighted by atomic mass is 10.2. The molecule has 4 rings (SSSR count). The van der Waals surface area contributed by atoms with Crippen molar-refractivity contribution in [1.82, 2.24) is 10.3 Å². The van der Waals surface area contributed by atoms with Gasteiger partial charge in [-0.2, -0.15) is 0 Å². The van der Waals surface area contributed by atoms with Gasteiger partial charge < -0.3 is 19.2 Å². The molecule has 8 heteroatoms. The average Bonchev–Trinajstić information content (AvgIpc) is 2.88. The lowest BCUT2D eigenvalue weighted by molar-refractivity contribution is 0.0601. The van der Waals surface area contributed by atoms with Crippen LogP contribution in [0.4, 0.5) is 10.5 Å². The molecule has 0 spiro atoms. The molecule has 34 heavy (non-hydrogen) atoms. The number of nitrogens with one attached hydrogen (secondary N) is 1. The maximum Gasteiger partial charge on any atom is 0.408 e. The molecule has 172 valence electrons. The molecule has 0 bridgehead atoms.